The van der Waals surface area contributed by atoms with Crippen molar-refractivity contribution < 1.29 is 23.8 Å². The van der Waals surface area contributed by atoms with Gasteiger partial charge in [-0.1, -0.05) is 0 Å². The molecule has 1 spiro atoms. The molecular formula is C17H13N5O5. The molecule has 1 aromatic heterocycles. The molecule has 0 aliphatic carbocycles. The summed E-state index contributed by atoms with van der Waals surface area (Å²) in [5, 5.41) is 18.9. The average molecular weight is 367 g/mol. The van der Waals surface area contributed by atoms with Crippen molar-refractivity contribution >= 4 is 17.6 Å². The minimum Gasteiger partial charge on any atom is -0.497 e. The molecule has 1 aromatic carbocycles. The van der Waals surface area contributed by atoms with Crippen molar-refractivity contribution in [1.29, 1.82) is 5.26 Å². The summed E-state index contributed by atoms with van der Waals surface area (Å²) in [7, 11) is 2.66. The highest BCUT2D eigenvalue weighted by atomic mass is 16.5. The maximum Gasteiger partial charge on any atom is 0.356 e. The first-order valence-corrected chi connectivity index (χ1v) is 7.74. The van der Waals surface area contributed by atoms with Crippen LogP contribution in [0.5, 0.6) is 11.6 Å². The number of nitrogens with one attached hydrogen (secondary N) is 2. The van der Waals surface area contributed by atoms with Crippen molar-refractivity contribution in [2.24, 2.45) is 5.73 Å². The number of methoxy groups -OCH3 is 2. The van der Waals surface area contributed by atoms with Crippen LogP contribution >= 0.6 is 0 Å². The van der Waals surface area contributed by atoms with Crippen molar-refractivity contribution in [2.75, 3.05) is 19.5 Å². The summed E-state index contributed by atoms with van der Waals surface area (Å²) < 4.78 is 15.4. The van der Waals surface area contributed by atoms with Crippen molar-refractivity contribution in [3.8, 4) is 17.7 Å². The zero-order valence-electron chi connectivity index (χ0n) is 14.2. The number of nitriles is 1. The number of aromatic amines is 1. The van der Waals surface area contributed by atoms with Gasteiger partial charge in [-0.25, -0.2) is 4.79 Å². The zero-order chi connectivity index (χ0) is 19.3. The van der Waals surface area contributed by atoms with E-state index in [-0.39, 0.29) is 28.6 Å². The molecule has 0 saturated carbocycles. The predicted octanol–water partition coefficient (Wildman–Crippen LogP) is 0.529. The van der Waals surface area contributed by atoms with Gasteiger partial charge in [-0.05, 0) is 18.2 Å². The number of carbonyl (C=O) groups excluding carboxylic acids is 2. The van der Waals surface area contributed by atoms with Crippen LogP contribution in [0, 0.1) is 11.3 Å². The molecule has 1 unspecified atom stereocenters. The van der Waals surface area contributed by atoms with Gasteiger partial charge >= 0.3 is 5.97 Å². The number of rotatable bonds is 2. The fourth-order valence-electron chi connectivity index (χ4n) is 3.51. The Balaban J connectivity index is 2.14. The van der Waals surface area contributed by atoms with Crippen molar-refractivity contribution in [2.45, 2.75) is 5.41 Å². The molecule has 0 radical (unpaired) electrons. The Labute approximate surface area is 152 Å². The molecule has 1 amide bonds. The van der Waals surface area contributed by atoms with E-state index in [2.05, 4.69) is 15.5 Å². The number of esters is 1. The number of carbonyl (C=O) groups is 2. The average Bonchev–Trinajstić information content (AvgIpc) is 3.21. The van der Waals surface area contributed by atoms with Crippen LogP contribution in [-0.2, 0) is 14.9 Å². The highest BCUT2D eigenvalue weighted by Gasteiger charge is 2.59. The number of fused-ring (bicyclic) bond motifs is 4. The molecule has 2 aromatic rings. The first kappa shape index (κ1) is 16.5. The number of nitrogens with zero attached hydrogens (tertiary/aromatic N) is 2. The van der Waals surface area contributed by atoms with Crippen molar-refractivity contribution in [3.63, 3.8) is 0 Å². The maximum atomic E-state index is 13.2. The standard InChI is InChI=1S/C17H13N5O5/c1-25-7-3-4-10-8(5-7)17(16(24)20-10)9(6-18)13(19)27-14-11(17)12(21-22-14)15(23)26-2/h3-5H,19H2,1-2H3,(H,20,24)(H,21,22). The van der Waals surface area contributed by atoms with Gasteiger partial charge in [-0.15, -0.1) is 5.10 Å². The molecule has 4 N–H and O–H groups in total. The predicted molar refractivity (Wildman–Crippen MR) is 89.8 cm³/mol. The number of ether oxygens (including phenoxy) is 3. The van der Waals surface area contributed by atoms with E-state index >= 15 is 0 Å². The maximum absolute atomic E-state index is 13.2. The van der Waals surface area contributed by atoms with E-state index in [4.69, 9.17) is 19.9 Å². The lowest BCUT2D eigenvalue weighted by Gasteiger charge is -2.31. The third kappa shape index (κ3) is 1.90. The van der Waals surface area contributed by atoms with Gasteiger partial charge in [-0.3, -0.25) is 9.89 Å². The molecule has 3 heterocycles. The molecule has 2 aliphatic rings. The van der Waals surface area contributed by atoms with Gasteiger partial charge < -0.3 is 25.3 Å². The normalized spacial score (nSPS) is 19.7. The zero-order valence-corrected chi connectivity index (χ0v) is 14.2. The molecule has 10 nitrogen and oxygen atoms in total. The SMILES string of the molecule is COC(=O)c1[nH]nc2c1C1(C(=O)Nc3ccc(OC)cc31)C(C#N)=C(N)O2. The van der Waals surface area contributed by atoms with E-state index in [1.807, 2.05) is 6.07 Å². The highest BCUT2D eigenvalue weighted by Crippen LogP contribution is 2.54. The second kappa shape index (κ2) is 5.50. The number of hydrogen-bond donors (Lipinski definition) is 3. The minimum absolute atomic E-state index is 0.0598. The van der Waals surface area contributed by atoms with Crippen LogP contribution in [0.1, 0.15) is 21.6 Å². The van der Waals surface area contributed by atoms with Crippen molar-refractivity contribution in [1.82, 2.24) is 10.2 Å². The topological polar surface area (TPSA) is 152 Å². The molecule has 1 atom stereocenters. The first-order valence-electron chi connectivity index (χ1n) is 7.74. The number of nitrogens with two attached hydrogens (primary N) is 1. The second-order valence-corrected chi connectivity index (χ2v) is 5.84. The summed E-state index contributed by atoms with van der Waals surface area (Å²) in [5.41, 5.74) is 4.82. The van der Waals surface area contributed by atoms with Gasteiger partial charge in [0.1, 0.15) is 22.8 Å². The summed E-state index contributed by atoms with van der Waals surface area (Å²) in [6.07, 6.45) is 0. The third-order valence-electron chi connectivity index (χ3n) is 4.66. The third-order valence-corrected chi connectivity index (χ3v) is 4.66. The van der Waals surface area contributed by atoms with Crippen LogP contribution < -0.4 is 20.5 Å². The van der Waals surface area contributed by atoms with Crippen LogP contribution in [0.15, 0.2) is 29.7 Å². The fourth-order valence-corrected chi connectivity index (χ4v) is 3.51. The number of benzene rings is 1. The number of H-pyrrole nitrogens is 1. The van der Waals surface area contributed by atoms with E-state index in [9.17, 15) is 14.9 Å². The summed E-state index contributed by atoms with van der Waals surface area (Å²) in [5.74, 6) is -1.25. The van der Waals surface area contributed by atoms with Crippen LogP contribution in [0.25, 0.3) is 0 Å². The van der Waals surface area contributed by atoms with Gasteiger partial charge in [0.15, 0.2) is 5.69 Å². The minimum atomic E-state index is -1.73. The molecule has 2 aliphatic heterocycles. The largest absolute Gasteiger partial charge is 0.497 e. The first-order chi connectivity index (χ1) is 13.0. The Morgan fingerprint density at radius 2 is 2.19 bits per heavy atom. The Hall–Kier alpha value is -4.00. The number of hydrogen-bond acceptors (Lipinski definition) is 8. The van der Waals surface area contributed by atoms with Crippen LogP contribution in [0.2, 0.25) is 0 Å². The second-order valence-electron chi connectivity index (χ2n) is 5.84. The van der Waals surface area contributed by atoms with Gasteiger partial charge in [0.05, 0.1) is 19.8 Å². The smallest absolute Gasteiger partial charge is 0.356 e. The number of anilines is 1. The van der Waals surface area contributed by atoms with Gasteiger partial charge in [0, 0.05) is 11.3 Å². The van der Waals surface area contributed by atoms with E-state index < -0.39 is 17.3 Å². The lowest BCUT2D eigenvalue weighted by atomic mass is 9.69. The summed E-state index contributed by atoms with van der Waals surface area (Å²) in [6.45, 7) is 0. The number of aromatic nitrogens is 2. The van der Waals surface area contributed by atoms with E-state index in [1.54, 1.807) is 18.2 Å². The highest BCUT2D eigenvalue weighted by molar-refractivity contribution is 6.14. The lowest BCUT2D eigenvalue weighted by Crippen LogP contribution is -2.43. The lowest BCUT2D eigenvalue weighted by molar-refractivity contribution is -0.118. The molecule has 136 valence electrons. The van der Waals surface area contributed by atoms with Crippen LogP contribution in [0.3, 0.4) is 0 Å². The van der Waals surface area contributed by atoms with Crippen molar-refractivity contribution in [3.05, 3.63) is 46.5 Å². The van der Waals surface area contributed by atoms with Crippen LogP contribution in [-0.4, -0.2) is 36.3 Å². The Kier molecular flexibility index (Phi) is 3.35. The molecule has 0 saturated heterocycles. The van der Waals surface area contributed by atoms with Gasteiger partial charge in [-0.2, -0.15) is 5.26 Å². The Bertz CT molecular complexity index is 1080. The molecule has 0 bridgehead atoms. The quantitative estimate of drug-likeness (QED) is 0.650. The number of amides is 1. The molecule has 10 heteroatoms. The summed E-state index contributed by atoms with van der Waals surface area (Å²) >= 11 is 0. The molecule has 0 fully saturated rings. The summed E-state index contributed by atoms with van der Waals surface area (Å²) in [6, 6.07) is 6.84. The van der Waals surface area contributed by atoms with E-state index in [1.165, 1.54) is 14.2 Å². The fraction of sp³-hybridized carbons (Fsp3) is 0.176. The van der Waals surface area contributed by atoms with Gasteiger partial charge in [0.25, 0.3) is 0 Å². The summed E-state index contributed by atoms with van der Waals surface area (Å²) in [4.78, 5) is 25.5. The van der Waals surface area contributed by atoms with Crippen LogP contribution in [0.4, 0.5) is 5.69 Å². The molecular weight excluding hydrogens is 354 g/mol. The molecule has 27 heavy (non-hydrogen) atoms. The monoisotopic (exact) mass is 367 g/mol. The molecule has 4 rings (SSSR count). The van der Waals surface area contributed by atoms with Gasteiger partial charge in [0.2, 0.25) is 17.7 Å². The Morgan fingerprint density at radius 1 is 1.41 bits per heavy atom. The Morgan fingerprint density at radius 3 is 2.85 bits per heavy atom. The van der Waals surface area contributed by atoms with E-state index in [0.717, 1.165) is 0 Å². The van der Waals surface area contributed by atoms with E-state index in [0.29, 0.717) is 17.0 Å².